The average molecular weight is 248 g/mol. The predicted molar refractivity (Wildman–Crippen MR) is 72.6 cm³/mol. The van der Waals surface area contributed by atoms with Crippen LogP contribution >= 0.6 is 11.3 Å². The number of nitrogens with zero attached hydrogens (tertiary/aromatic N) is 1. The van der Waals surface area contributed by atoms with E-state index in [9.17, 15) is 0 Å². The minimum absolute atomic E-state index is 0.744. The zero-order chi connectivity index (χ0) is 12.4. The van der Waals surface area contributed by atoms with Gasteiger partial charge in [0.05, 0.1) is 12.1 Å². The zero-order valence-corrected chi connectivity index (χ0v) is 11.1. The van der Waals surface area contributed by atoms with Crippen LogP contribution in [0.4, 0.5) is 5.00 Å². The van der Waals surface area contributed by atoms with Gasteiger partial charge in [0.15, 0.2) is 0 Å². The van der Waals surface area contributed by atoms with Crippen molar-refractivity contribution in [2.24, 2.45) is 0 Å². The second-order valence-corrected chi connectivity index (χ2v) is 5.07. The van der Waals surface area contributed by atoms with Crippen LogP contribution < -0.4 is 10.5 Å². The molecule has 3 nitrogen and oxygen atoms in total. The fraction of sp³-hybridized carbons (Fsp3) is 0.308. The standard InChI is InChI=1S/C13H16N2OS/c1-4-9-5-6-11(16-3)10(7-9)12-13(14)17-8(2)15-12/h5-7H,4,14H2,1-3H3. The maximum absolute atomic E-state index is 5.99. The van der Waals surface area contributed by atoms with Gasteiger partial charge < -0.3 is 10.5 Å². The molecule has 0 aliphatic carbocycles. The fourth-order valence-corrected chi connectivity index (χ4v) is 2.50. The van der Waals surface area contributed by atoms with Gasteiger partial charge in [-0.3, -0.25) is 0 Å². The number of methoxy groups -OCH3 is 1. The number of hydrogen-bond donors (Lipinski definition) is 1. The third-order valence-corrected chi connectivity index (χ3v) is 3.49. The summed E-state index contributed by atoms with van der Waals surface area (Å²) in [6.45, 7) is 4.09. The molecule has 2 rings (SSSR count). The molecule has 1 heterocycles. The molecule has 2 aromatic rings. The number of rotatable bonds is 3. The molecular weight excluding hydrogens is 232 g/mol. The Morgan fingerprint density at radius 2 is 2.18 bits per heavy atom. The van der Waals surface area contributed by atoms with E-state index in [1.54, 1.807) is 7.11 Å². The average Bonchev–Trinajstić information content (AvgIpc) is 2.67. The summed E-state index contributed by atoms with van der Waals surface area (Å²) < 4.78 is 5.37. The van der Waals surface area contributed by atoms with Crippen molar-refractivity contribution in [3.05, 3.63) is 28.8 Å². The Kier molecular flexibility index (Phi) is 3.33. The lowest BCUT2D eigenvalue weighted by molar-refractivity contribution is 0.416. The van der Waals surface area contributed by atoms with Gasteiger partial charge in [0.25, 0.3) is 0 Å². The number of thiazole rings is 1. The van der Waals surface area contributed by atoms with E-state index in [0.29, 0.717) is 0 Å². The molecule has 0 aliphatic heterocycles. The molecule has 0 unspecified atom stereocenters. The Balaban J connectivity index is 2.59. The molecule has 0 saturated carbocycles. The highest BCUT2D eigenvalue weighted by Gasteiger charge is 2.13. The normalized spacial score (nSPS) is 10.5. The van der Waals surface area contributed by atoms with Gasteiger partial charge >= 0.3 is 0 Å². The fourth-order valence-electron chi connectivity index (χ4n) is 1.80. The van der Waals surface area contributed by atoms with Crippen LogP contribution in [0.15, 0.2) is 18.2 Å². The molecule has 0 atom stereocenters. The van der Waals surface area contributed by atoms with Crippen molar-refractivity contribution in [1.29, 1.82) is 0 Å². The van der Waals surface area contributed by atoms with E-state index in [2.05, 4.69) is 24.0 Å². The lowest BCUT2D eigenvalue weighted by Crippen LogP contribution is -1.93. The smallest absolute Gasteiger partial charge is 0.128 e. The Morgan fingerprint density at radius 3 is 2.71 bits per heavy atom. The van der Waals surface area contributed by atoms with E-state index >= 15 is 0 Å². The topological polar surface area (TPSA) is 48.1 Å². The van der Waals surface area contributed by atoms with Crippen LogP contribution in [-0.2, 0) is 6.42 Å². The molecule has 0 saturated heterocycles. The van der Waals surface area contributed by atoms with Crippen LogP contribution in [-0.4, -0.2) is 12.1 Å². The predicted octanol–water partition coefficient (Wildman–Crippen LogP) is 3.27. The Labute approximate surface area is 105 Å². The Morgan fingerprint density at radius 1 is 1.41 bits per heavy atom. The lowest BCUT2D eigenvalue weighted by Gasteiger charge is -2.08. The minimum atomic E-state index is 0.744. The van der Waals surface area contributed by atoms with Crippen LogP contribution in [0, 0.1) is 6.92 Å². The van der Waals surface area contributed by atoms with Gasteiger partial charge in [-0.2, -0.15) is 0 Å². The summed E-state index contributed by atoms with van der Waals surface area (Å²) in [7, 11) is 1.67. The number of aryl methyl sites for hydroxylation is 2. The molecule has 0 spiro atoms. The molecule has 17 heavy (non-hydrogen) atoms. The highest BCUT2D eigenvalue weighted by molar-refractivity contribution is 7.16. The largest absolute Gasteiger partial charge is 0.496 e. The molecule has 2 N–H and O–H groups in total. The van der Waals surface area contributed by atoms with E-state index in [0.717, 1.165) is 33.4 Å². The Hall–Kier alpha value is -1.55. The first kappa shape index (κ1) is 11.9. The van der Waals surface area contributed by atoms with Crippen molar-refractivity contribution in [1.82, 2.24) is 4.98 Å². The summed E-state index contributed by atoms with van der Waals surface area (Å²) in [5, 5.41) is 1.72. The number of nitrogens with two attached hydrogens (primary N) is 1. The molecule has 0 amide bonds. The zero-order valence-electron chi connectivity index (χ0n) is 10.3. The van der Waals surface area contributed by atoms with Crippen LogP contribution in [0.1, 0.15) is 17.5 Å². The lowest BCUT2D eigenvalue weighted by atomic mass is 10.1. The molecule has 0 aliphatic rings. The van der Waals surface area contributed by atoms with E-state index < -0.39 is 0 Å². The monoisotopic (exact) mass is 248 g/mol. The maximum Gasteiger partial charge on any atom is 0.128 e. The number of anilines is 1. The van der Waals surface area contributed by atoms with Crippen molar-refractivity contribution >= 4 is 16.3 Å². The van der Waals surface area contributed by atoms with E-state index in [1.807, 2.05) is 13.0 Å². The summed E-state index contributed by atoms with van der Waals surface area (Å²) in [5.41, 5.74) is 9.06. The van der Waals surface area contributed by atoms with Crippen molar-refractivity contribution in [2.75, 3.05) is 12.8 Å². The van der Waals surface area contributed by atoms with Gasteiger partial charge in [0.1, 0.15) is 16.4 Å². The van der Waals surface area contributed by atoms with Gasteiger partial charge in [-0.15, -0.1) is 11.3 Å². The molecule has 1 aromatic carbocycles. The van der Waals surface area contributed by atoms with Gasteiger partial charge in [-0.05, 0) is 31.0 Å². The second-order valence-electron chi connectivity index (χ2n) is 3.83. The second kappa shape index (κ2) is 4.75. The van der Waals surface area contributed by atoms with Gasteiger partial charge in [-0.25, -0.2) is 4.98 Å². The van der Waals surface area contributed by atoms with Crippen LogP contribution in [0.3, 0.4) is 0 Å². The third-order valence-electron chi connectivity index (χ3n) is 2.69. The molecule has 90 valence electrons. The Bertz CT molecular complexity index is 534. The van der Waals surface area contributed by atoms with Crippen LogP contribution in [0.5, 0.6) is 5.75 Å². The highest BCUT2D eigenvalue weighted by atomic mass is 32.1. The molecule has 4 heteroatoms. The number of hydrogen-bond acceptors (Lipinski definition) is 4. The van der Waals surface area contributed by atoms with Gasteiger partial charge in [0.2, 0.25) is 0 Å². The summed E-state index contributed by atoms with van der Waals surface area (Å²) in [6.07, 6.45) is 0.986. The molecule has 0 radical (unpaired) electrons. The first-order valence-electron chi connectivity index (χ1n) is 5.56. The van der Waals surface area contributed by atoms with E-state index in [-0.39, 0.29) is 0 Å². The van der Waals surface area contributed by atoms with Gasteiger partial charge in [0, 0.05) is 5.56 Å². The molecule has 0 bridgehead atoms. The maximum atomic E-state index is 5.99. The first-order valence-corrected chi connectivity index (χ1v) is 6.37. The molecular formula is C13H16N2OS. The number of aromatic nitrogens is 1. The third kappa shape index (κ3) is 2.26. The van der Waals surface area contributed by atoms with Crippen molar-refractivity contribution in [2.45, 2.75) is 20.3 Å². The molecule has 0 fully saturated rings. The summed E-state index contributed by atoms with van der Waals surface area (Å²) in [6, 6.07) is 6.14. The highest BCUT2D eigenvalue weighted by Crippen LogP contribution is 2.36. The number of nitrogen functional groups attached to an aromatic ring is 1. The van der Waals surface area contributed by atoms with E-state index in [1.165, 1.54) is 16.9 Å². The summed E-state index contributed by atoms with van der Waals surface area (Å²) in [5.74, 6) is 0.819. The SMILES string of the molecule is CCc1ccc(OC)c(-c2nc(C)sc2N)c1. The van der Waals surface area contributed by atoms with Crippen molar-refractivity contribution in [3.8, 4) is 17.0 Å². The summed E-state index contributed by atoms with van der Waals surface area (Å²) in [4.78, 5) is 4.48. The molecule has 1 aromatic heterocycles. The van der Waals surface area contributed by atoms with Crippen LogP contribution in [0.25, 0.3) is 11.3 Å². The van der Waals surface area contributed by atoms with Crippen LogP contribution in [0.2, 0.25) is 0 Å². The summed E-state index contributed by atoms with van der Waals surface area (Å²) >= 11 is 1.51. The van der Waals surface area contributed by atoms with Crippen molar-refractivity contribution < 1.29 is 4.74 Å². The quantitative estimate of drug-likeness (QED) is 0.906. The number of benzene rings is 1. The number of ether oxygens (including phenoxy) is 1. The first-order chi connectivity index (χ1) is 8.15. The van der Waals surface area contributed by atoms with Crippen molar-refractivity contribution in [3.63, 3.8) is 0 Å². The minimum Gasteiger partial charge on any atom is -0.496 e. The van der Waals surface area contributed by atoms with E-state index in [4.69, 9.17) is 10.5 Å². The van der Waals surface area contributed by atoms with Gasteiger partial charge in [-0.1, -0.05) is 13.0 Å².